The normalized spacial score (nSPS) is 11.3. The van der Waals surface area contributed by atoms with Gasteiger partial charge in [-0.1, -0.05) is 12.1 Å². The van der Waals surface area contributed by atoms with Crippen LogP contribution in [0.25, 0.3) is 0 Å². The SMILES string of the molecule is CN=C(NCCCCCOC)NCCc1ccc(OC)cc1. The highest BCUT2D eigenvalue weighted by Gasteiger charge is 1.98. The van der Waals surface area contributed by atoms with Crippen LogP contribution in [0.1, 0.15) is 24.8 Å². The first-order valence-electron chi connectivity index (χ1n) is 7.86. The van der Waals surface area contributed by atoms with Crippen molar-refractivity contribution in [3.8, 4) is 5.75 Å². The van der Waals surface area contributed by atoms with Crippen LogP contribution in [0.3, 0.4) is 0 Å². The number of methoxy groups -OCH3 is 2. The molecule has 0 amide bonds. The van der Waals surface area contributed by atoms with Gasteiger partial charge in [-0.15, -0.1) is 0 Å². The Labute approximate surface area is 134 Å². The number of rotatable bonds is 10. The lowest BCUT2D eigenvalue weighted by molar-refractivity contribution is 0.192. The lowest BCUT2D eigenvalue weighted by Crippen LogP contribution is -2.38. The molecule has 0 heterocycles. The molecule has 5 nitrogen and oxygen atoms in total. The first-order valence-corrected chi connectivity index (χ1v) is 7.86. The fourth-order valence-electron chi connectivity index (χ4n) is 2.09. The van der Waals surface area contributed by atoms with Gasteiger partial charge in [0.25, 0.3) is 0 Å². The molecular weight excluding hydrogens is 278 g/mol. The minimum atomic E-state index is 0.842. The maximum absolute atomic E-state index is 5.16. The minimum Gasteiger partial charge on any atom is -0.497 e. The molecule has 0 aliphatic carbocycles. The number of aliphatic imine (C=N–C) groups is 1. The summed E-state index contributed by atoms with van der Waals surface area (Å²) >= 11 is 0. The molecule has 5 heteroatoms. The van der Waals surface area contributed by atoms with Crippen molar-refractivity contribution in [3.63, 3.8) is 0 Å². The molecule has 1 aromatic rings. The average Bonchev–Trinajstić information content (AvgIpc) is 2.57. The first-order chi connectivity index (χ1) is 10.8. The van der Waals surface area contributed by atoms with Gasteiger partial charge in [0.05, 0.1) is 7.11 Å². The predicted octanol–water partition coefficient (Wildman–Crippen LogP) is 2.22. The second kappa shape index (κ2) is 11.9. The van der Waals surface area contributed by atoms with Crippen molar-refractivity contribution in [1.29, 1.82) is 0 Å². The number of unbranched alkanes of at least 4 members (excludes halogenated alkanes) is 2. The first kappa shape index (κ1) is 18.3. The van der Waals surface area contributed by atoms with E-state index in [2.05, 4.69) is 27.8 Å². The van der Waals surface area contributed by atoms with Crippen LogP contribution in [-0.2, 0) is 11.2 Å². The molecule has 0 spiro atoms. The van der Waals surface area contributed by atoms with E-state index in [9.17, 15) is 0 Å². The second-order valence-corrected chi connectivity index (χ2v) is 5.08. The van der Waals surface area contributed by atoms with E-state index in [4.69, 9.17) is 9.47 Å². The molecule has 0 aromatic heterocycles. The van der Waals surface area contributed by atoms with Gasteiger partial charge in [-0.05, 0) is 43.4 Å². The molecule has 0 saturated carbocycles. The fraction of sp³-hybridized carbons (Fsp3) is 0.588. The Morgan fingerprint density at radius 3 is 2.36 bits per heavy atom. The molecule has 22 heavy (non-hydrogen) atoms. The Kier molecular flexibility index (Phi) is 9.87. The molecule has 0 fully saturated rings. The van der Waals surface area contributed by atoms with E-state index in [0.29, 0.717) is 0 Å². The zero-order valence-electron chi connectivity index (χ0n) is 14.0. The lowest BCUT2D eigenvalue weighted by atomic mass is 10.1. The Morgan fingerprint density at radius 1 is 1.00 bits per heavy atom. The predicted molar refractivity (Wildman–Crippen MR) is 91.8 cm³/mol. The maximum atomic E-state index is 5.16. The van der Waals surface area contributed by atoms with E-state index in [-0.39, 0.29) is 0 Å². The third kappa shape index (κ3) is 7.88. The van der Waals surface area contributed by atoms with Gasteiger partial charge in [-0.2, -0.15) is 0 Å². The molecular formula is C17H29N3O2. The van der Waals surface area contributed by atoms with Crippen LogP contribution in [0, 0.1) is 0 Å². The summed E-state index contributed by atoms with van der Waals surface area (Å²) in [5.74, 6) is 1.75. The zero-order chi connectivity index (χ0) is 16.0. The summed E-state index contributed by atoms with van der Waals surface area (Å²) < 4.78 is 10.2. The van der Waals surface area contributed by atoms with Crippen molar-refractivity contribution in [3.05, 3.63) is 29.8 Å². The second-order valence-electron chi connectivity index (χ2n) is 5.08. The molecule has 0 radical (unpaired) electrons. The Morgan fingerprint density at radius 2 is 1.73 bits per heavy atom. The van der Waals surface area contributed by atoms with E-state index in [1.165, 1.54) is 12.0 Å². The van der Waals surface area contributed by atoms with Gasteiger partial charge < -0.3 is 20.1 Å². The maximum Gasteiger partial charge on any atom is 0.190 e. The Bertz CT molecular complexity index is 418. The van der Waals surface area contributed by atoms with Crippen LogP contribution in [0.4, 0.5) is 0 Å². The minimum absolute atomic E-state index is 0.842. The quantitative estimate of drug-likeness (QED) is 0.395. The van der Waals surface area contributed by atoms with E-state index in [1.807, 2.05) is 12.1 Å². The molecule has 0 aliphatic heterocycles. The lowest BCUT2D eigenvalue weighted by Gasteiger charge is -2.12. The molecule has 0 unspecified atom stereocenters. The summed E-state index contributed by atoms with van der Waals surface area (Å²) in [6.45, 7) is 2.64. The van der Waals surface area contributed by atoms with E-state index >= 15 is 0 Å². The summed E-state index contributed by atoms with van der Waals surface area (Å²) in [6.07, 6.45) is 4.37. The standard InChI is InChI=1S/C17H29N3O2/c1-18-17(19-12-5-4-6-14-21-2)20-13-11-15-7-9-16(22-3)10-8-15/h7-10H,4-6,11-14H2,1-3H3,(H2,18,19,20). The zero-order valence-corrected chi connectivity index (χ0v) is 14.0. The number of hydrogen-bond acceptors (Lipinski definition) is 3. The van der Waals surface area contributed by atoms with Gasteiger partial charge in [0.2, 0.25) is 0 Å². The number of nitrogens with one attached hydrogen (secondary N) is 2. The topological polar surface area (TPSA) is 54.9 Å². The molecule has 1 aromatic carbocycles. The molecule has 0 saturated heterocycles. The van der Waals surface area contributed by atoms with Crippen LogP contribution in [0.15, 0.2) is 29.3 Å². The Hall–Kier alpha value is -1.75. The fourth-order valence-corrected chi connectivity index (χ4v) is 2.09. The van der Waals surface area contributed by atoms with Gasteiger partial charge in [0.15, 0.2) is 5.96 Å². The Balaban J connectivity index is 2.15. The third-order valence-corrected chi connectivity index (χ3v) is 3.41. The smallest absolute Gasteiger partial charge is 0.190 e. The highest BCUT2D eigenvalue weighted by molar-refractivity contribution is 5.79. The average molecular weight is 307 g/mol. The summed E-state index contributed by atoms with van der Waals surface area (Å²) in [4.78, 5) is 4.23. The monoisotopic (exact) mass is 307 g/mol. The van der Waals surface area contributed by atoms with Crippen LogP contribution in [0.5, 0.6) is 5.75 Å². The van der Waals surface area contributed by atoms with Crippen LogP contribution >= 0.6 is 0 Å². The van der Waals surface area contributed by atoms with Crippen LogP contribution < -0.4 is 15.4 Å². The summed E-state index contributed by atoms with van der Waals surface area (Å²) in [5, 5.41) is 6.66. The molecule has 2 N–H and O–H groups in total. The van der Waals surface area contributed by atoms with Gasteiger partial charge in [0, 0.05) is 33.9 Å². The van der Waals surface area contributed by atoms with Gasteiger partial charge >= 0.3 is 0 Å². The summed E-state index contributed by atoms with van der Waals surface area (Å²) in [5.41, 5.74) is 1.28. The van der Waals surface area contributed by atoms with Gasteiger partial charge in [0.1, 0.15) is 5.75 Å². The number of ether oxygens (including phenoxy) is 2. The number of guanidine groups is 1. The highest BCUT2D eigenvalue weighted by atomic mass is 16.5. The van der Waals surface area contributed by atoms with Crippen molar-refractivity contribution < 1.29 is 9.47 Å². The molecule has 0 bridgehead atoms. The van der Waals surface area contributed by atoms with Crippen molar-refractivity contribution in [2.24, 2.45) is 4.99 Å². The third-order valence-electron chi connectivity index (χ3n) is 3.41. The summed E-state index contributed by atoms with van der Waals surface area (Å²) in [6, 6.07) is 8.16. The largest absolute Gasteiger partial charge is 0.497 e. The highest BCUT2D eigenvalue weighted by Crippen LogP contribution is 2.11. The van der Waals surface area contributed by atoms with Crippen molar-refractivity contribution >= 4 is 5.96 Å². The van der Waals surface area contributed by atoms with Crippen molar-refractivity contribution in [2.75, 3.05) is 41.0 Å². The van der Waals surface area contributed by atoms with Crippen molar-refractivity contribution in [2.45, 2.75) is 25.7 Å². The van der Waals surface area contributed by atoms with Crippen LogP contribution in [-0.4, -0.2) is 46.9 Å². The van der Waals surface area contributed by atoms with Gasteiger partial charge in [-0.3, -0.25) is 4.99 Å². The molecule has 0 atom stereocenters. The van der Waals surface area contributed by atoms with E-state index in [1.54, 1.807) is 21.3 Å². The number of nitrogens with zero attached hydrogens (tertiary/aromatic N) is 1. The number of benzene rings is 1. The molecule has 1 rings (SSSR count). The summed E-state index contributed by atoms with van der Waals surface area (Å²) in [7, 11) is 5.22. The van der Waals surface area contributed by atoms with Crippen molar-refractivity contribution in [1.82, 2.24) is 10.6 Å². The van der Waals surface area contributed by atoms with E-state index < -0.39 is 0 Å². The van der Waals surface area contributed by atoms with Gasteiger partial charge in [-0.25, -0.2) is 0 Å². The molecule has 0 aliphatic rings. The van der Waals surface area contributed by atoms with E-state index in [0.717, 1.165) is 50.7 Å². The number of hydrogen-bond donors (Lipinski definition) is 2. The van der Waals surface area contributed by atoms with Crippen LogP contribution in [0.2, 0.25) is 0 Å². The molecule has 124 valence electrons.